The highest BCUT2D eigenvalue weighted by Crippen LogP contribution is 2.46. The third kappa shape index (κ3) is 2.93. The van der Waals surface area contributed by atoms with Crippen LogP contribution in [0.15, 0.2) is 54.1 Å². The van der Waals surface area contributed by atoms with Gasteiger partial charge in [-0.3, -0.25) is 19.8 Å². The topological polar surface area (TPSA) is 110 Å². The second-order valence-corrected chi connectivity index (χ2v) is 6.97. The van der Waals surface area contributed by atoms with Gasteiger partial charge in [-0.15, -0.1) is 0 Å². The van der Waals surface area contributed by atoms with Gasteiger partial charge < -0.3 is 9.84 Å². The number of nitro benzene ring substituents is 1. The molecule has 2 aliphatic rings. The number of aliphatic hydroxyl groups excluding tert-OH is 1. The van der Waals surface area contributed by atoms with E-state index in [1.54, 1.807) is 42.5 Å². The second-order valence-electron chi connectivity index (χ2n) is 6.97. The number of aliphatic hydroxyl groups is 1. The first-order valence-electron chi connectivity index (χ1n) is 9.08. The quantitative estimate of drug-likeness (QED) is 0.361. The number of hydrogen-bond donors (Lipinski definition) is 1. The van der Waals surface area contributed by atoms with E-state index in [2.05, 4.69) is 0 Å². The summed E-state index contributed by atoms with van der Waals surface area (Å²) in [4.78, 5) is 38.0. The standard InChI is InChI=1S/C21H18N2O6/c1-29-21(26)22-16-11-18(24)19(20(25)12-6-3-2-4-7-12)17(22)10-14-13(16)8-5-9-15(14)23(27)28/h2-9,16-17,25H,10-11H2,1H3/b20-19-. The zero-order valence-electron chi connectivity index (χ0n) is 15.6. The Hall–Kier alpha value is -3.68. The molecule has 2 aromatic rings. The monoisotopic (exact) mass is 394 g/mol. The summed E-state index contributed by atoms with van der Waals surface area (Å²) in [6.07, 6.45) is -0.704. The lowest BCUT2D eigenvalue weighted by molar-refractivity contribution is -0.385. The first-order valence-corrected chi connectivity index (χ1v) is 9.08. The molecule has 2 aliphatic heterocycles. The SMILES string of the molecule is COC(=O)N1C2Cc3c(cccc3[N+](=O)[O-])C1CC(=O)/C2=C(\O)c1ccccc1. The van der Waals surface area contributed by atoms with Gasteiger partial charge in [0.2, 0.25) is 0 Å². The van der Waals surface area contributed by atoms with E-state index in [0.717, 1.165) is 0 Å². The molecule has 1 amide bonds. The normalized spacial score (nSPS) is 22.0. The lowest BCUT2D eigenvalue weighted by Gasteiger charge is -2.46. The fourth-order valence-corrected chi connectivity index (χ4v) is 4.28. The molecule has 1 saturated heterocycles. The Morgan fingerprint density at radius 2 is 1.86 bits per heavy atom. The summed E-state index contributed by atoms with van der Waals surface area (Å²) >= 11 is 0. The van der Waals surface area contributed by atoms with Crippen molar-refractivity contribution in [3.05, 3.63) is 80.9 Å². The zero-order chi connectivity index (χ0) is 20.7. The van der Waals surface area contributed by atoms with Crippen LogP contribution < -0.4 is 0 Å². The van der Waals surface area contributed by atoms with Crippen LogP contribution in [-0.4, -0.2) is 40.0 Å². The van der Waals surface area contributed by atoms with Crippen molar-refractivity contribution in [2.75, 3.05) is 7.11 Å². The zero-order valence-corrected chi connectivity index (χ0v) is 15.6. The van der Waals surface area contributed by atoms with E-state index in [-0.39, 0.29) is 35.6 Å². The minimum Gasteiger partial charge on any atom is -0.507 e. The molecule has 29 heavy (non-hydrogen) atoms. The number of hydrogen-bond acceptors (Lipinski definition) is 6. The molecule has 0 saturated carbocycles. The number of amides is 1. The highest BCUT2D eigenvalue weighted by atomic mass is 16.6. The summed E-state index contributed by atoms with van der Waals surface area (Å²) in [5, 5.41) is 22.4. The molecule has 8 heteroatoms. The van der Waals surface area contributed by atoms with Crippen LogP contribution in [0.2, 0.25) is 0 Å². The Balaban J connectivity index is 1.93. The number of fused-ring (bicyclic) bond motifs is 4. The highest BCUT2D eigenvalue weighted by molar-refractivity contribution is 6.05. The Morgan fingerprint density at radius 1 is 1.14 bits per heavy atom. The lowest BCUT2D eigenvalue weighted by Crippen LogP contribution is -2.53. The summed E-state index contributed by atoms with van der Waals surface area (Å²) in [6.45, 7) is 0. The molecule has 2 unspecified atom stereocenters. The number of ketones is 1. The van der Waals surface area contributed by atoms with Gasteiger partial charge in [0.05, 0.1) is 29.7 Å². The molecule has 4 rings (SSSR count). The number of ether oxygens (including phenoxy) is 1. The van der Waals surface area contributed by atoms with E-state index in [4.69, 9.17) is 4.74 Å². The van der Waals surface area contributed by atoms with Gasteiger partial charge in [-0.05, 0) is 5.56 Å². The molecule has 2 heterocycles. The molecule has 148 valence electrons. The third-order valence-corrected chi connectivity index (χ3v) is 5.51. The second kappa shape index (κ2) is 7.05. The fourth-order valence-electron chi connectivity index (χ4n) is 4.28. The molecule has 8 nitrogen and oxygen atoms in total. The van der Waals surface area contributed by atoms with E-state index in [0.29, 0.717) is 16.7 Å². The van der Waals surface area contributed by atoms with Gasteiger partial charge in [0, 0.05) is 30.0 Å². The minimum absolute atomic E-state index is 0.0378. The van der Waals surface area contributed by atoms with Crippen molar-refractivity contribution in [2.24, 2.45) is 0 Å². The van der Waals surface area contributed by atoms with Gasteiger partial charge in [0.25, 0.3) is 5.69 Å². The number of piperidine rings is 1. The number of methoxy groups -OCH3 is 1. The third-order valence-electron chi connectivity index (χ3n) is 5.51. The van der Waals surface area contributed by atoms with Crippen LogP contribution >= 0.6 is 0 Å². The number of rotatable bonds is 2. The number of carbonyl (C=O) groups excluding carboxylic acids is 2. The van der Waals surface area contributed by atoms with Crippen molar-refractivity contribution in [1.29, 1.82) is 0 Å². The number of nitro groups is 1. The van der Waals surface area contributed by atoms with E-state index < -0.39 is 23.1 Å². The molecule has 2 atom stereocenters. The summed E-state index contributed by atoms with van der Waals surface area (Å²) in [5.74, 6) is -0.520. The van der Waals surface area contributed by atoms with Gasteiger partial charge in [0.15, 0.2) is 5.78 Å². The number of nitrogens with zero attached hydrogens (tertiary/aromatic N) is 2. The molecule has 0 spiro atoms. The summed E-state index contributed by atoms with van der Waals surface area (Å²) in [6, 6.07) is 11.6. The average Bonchev–Trinajstić information content (AvgIpc) is 2.72. The summed E-state index contributed by atoms with van der Waals surface area (Å²) in [7, 11) is 1.24. The van der Waals surface area contributed by atoms with Crippen molar-refractivity contribution in [3.8, 4) is 0 Å². The van der Waals surface area contributed by atoms with E-state index in [9.17, 15) is 24.8 Å². The van der Waals surface area contributed by atoms with Crippen molar-refractivity contribution in [2.45, 2.75) is 24.9 Å². The molecule has 0 aliphatic carbocycles. The molecule has 0 aromatic heterocycles. The Labute approximate surface area is 166 Å². The molecular formula is C21H18N2O6. The Morgan fingerprint density at radius 3 is 2.52 bits per heavy atom. The van der Waals surface area contributed by atoms with Crippen LogP contribution in [0, 0.1) is 10.1 Å². The smallest absolute Gasteiger partial charge is 0.410 e. The first-order chi connectivity index (χ1) is 13.9. The molecule has 1 N–H and O–H groups in total. The largest absolute Gasteiger partial charge is 0.507 e. The Bertz CT molecular complexity index is 1050. The predicted octanol–water partition coefficient (Wildman–Crippen LogP) is 3.57. The van der Waals surface area contributed by atoms with Crippen molar-refractivity contribution < 1.29 is 24.4 Å². The number of Topliss-reactive ketones (excluding diaryl/α,β-unsaturated/α-hetero) is 1. The van der Waals surface area contributed by atoms with Gasteiger partial charge >= 0.3 is 6.09 Å². The maximum Gasteiger partial charge on any atom is 0.410 e. The van der Waals surface area contributed by atoms with Crippen molar-refractivity contribution in [1.82, 2.24) is 4.90 Å². The van der Waals surface area contributed by atoms with Crippen LogP contribution in [0.25, 0.3) is 5.76 Å². The van der Waals surface area contributed by atoms with Crippen LogP contribution in [0.3, 0.4) is 0 Å². The van der Waals surface area contributed by atoms with Crippen LogP contribution in [0.4, 0.5) is 10.5 Å². The maximum absolute atomic E-state index is 13.0. The fraction of sp³-hybridized carbons (Fsp3) is 0.238. The van der Waals surface area contributed by atoms with E-state index >= 15 is 0 Å². The van der Waals surface area contributed by atoms with Crippen LogP contribution in [-0.2, 0) is 16.0 Å². The van der Waals surface area contributed by atoms with Gasteiger partial charge in [-0.1, -0.05) is 42.5 Å². The Kier molecular flexibility index (Phi) is 4.54. The average molecular weight is 394 g/mol. The van der Waals surface area contributed by atoms with E-state index in [1.165, 1.54) is 18.1 Å². The minimum atomic E-state index is -0.859. The molecule has 2 aromatic carbocycles. The number of carbonyl (C=O) groups is 2. The molecular weight excluding hydrogens is 376 g/mol. The maximum atomic E-state index is 13.0. The highest BCUT2D eigenvalue weighted by Gasteiger charge is 2.49. The van der Waals surface area contributed by atoms with Gasteiger partial charge in [-0.2, -0.15) is 0 Å². The lowest BCUT2D eigenvalue weighted by atomic mass is 9.75. The van der Waals surface area contributed by atoms with Crippen LogP contribution in [0.5, 0.6) is 0 Å². The molecule has 0 radical (unpaired) electrons. The van der Waals surface area contributed by atoms with Crippen LogP contribution in [0.1, 0.15) is 29.2 Å². The van der Waals surface area contributed by atoms with E-state index in [1.807, 2.05) is 0 Å². The molecule has 2 bridgehead atoms. The van der Waals surface area contributed by atoms with Crippen molar-refractivity contribution >= 4 is 23.3 Å². The van der Waals surface area contributed by atoms with Gasteiger partial charge in [-0.25, -0.2) is 4.79 Å². The molecule has 1 fully saturated rings. The summed E-state index contributed by atoms with van der Waals surface area (Å²) < 4.78 is 4.93. The predicted molar refractivity (Wildman–Crippen MR) is 103 cm³/mol. The van der Waals surface area contributed by atoms with Gasteiger partial charge in [0.1, 0.15) is 5.76 Å². The number of benzene rings is 2. The van der Waals surface area contributed by atoms with Crippen molar-refractivity contribution in [3.63, 3.8) is 0 Å². The summed E-state index contributed by atoms with van der Waals surface area (Å²) in [5.41, 5.74) is 1.48. The first kappa shape index (κ1) is 18.7.